The molecule has 0 radical (unpaired) electrons. The molecule has 0 saturated carbocycles. The first-order valence-electron chi connectivity index (χ1n) is 11.8. The summed E-state index contributed by atoms with van der Waals surface area (Å²) in [6.45, 7) is 3.83. The number of aryl methyl sites for hydroxylation is 2. The van der Waals surface area contributed by atoms with Crippen molar-refractivity contribution in [1.29, 1.82) is 0 Å². The van der Waals surface area contributed by atoms with Crippen LogP contribution in [-0.4, -0.2) is 28.9 Å². The zero-order chi connectivity index (χ0) is 25.4. The number of fused-ring (bicyclic) bond motifs is 4. The highest BCUT2D eigenvalue weighted by Crippen LogP contribution is 2.55. The maximum Gasteiger partial charge on any atom is 0.250 e. The Hall–Kier alpha value is -3.52. The van der Waals surface area contributed by atoms with Crippen molar-refractivity contribution in [3.8, 4) is 0 Å². The lowest BCUT2D eigenvalue weighted by atomic mass is 9.75. The fourth-order valence-corrected chi connectivity index (χ4v) is 6.06. The number of imide groups is 1. The van der Waals surface area contributed by atoms with Crippen LogP contribution in [0.5, 0.6) is 0 Å². The molecule has 0 bridgehead atoms. The minimum atomic E-state index is -1.49. The number of carbonyl (C=O) groups excluding carboxylic acids is 3. The number of hydrogen-bond acceptors (Lipinski definition) is 5. The van der Waals surface area contributed by atoms with E-state index in [-0.39, 0.29) is 0 Å². The molecular formula is C28H24ClN3O4. The Bertz CT molecular complexity index is 1420. The van der Waals surface area contributed by atoms with E-state index >= 15 is 0 Å². The molecule has 3 aliphatic rings. The number of halogens is 1. The van der Waals surface area contributed by atoms with Crippen LogP contribution >= 0.6 is 11.6 Å². The van der Waals surface area contributed by atoms with Gasteiger partial charge in [0.1, 0.15) is 5.54 Å². The summed E-state index contributed by atoms with van der Waals surface area (Å²) >= 11 is 6.04. The van der Waals surface area contributed by atoms with E-state index in [0.717, 1.165) is 11.1 Å². The summed E-state index contributed by atoms with van der Waals surface area (Å²) in [5.74, 6) is -3.29. The molecule has 2 saturated heterocycles. The van der Waals surface area contributed by atoms with Gasteiger partial charge in [0.15, 0.2) is 0 Å². The Kier molecular flexibility index (Phi) is 5.09. The lowest BCUT2D eigenvalue weighted by Gasteiger charge is -2.31. The predicted octanol–water partition coefficient (Wildman–Crippen LogP) is 3.62. The molecule has 182 valence electrons. The molecule has 2 fully saturated rings. The number of aliphatic hydroxyl groups excluding tert-OH is 1. The van der Waals surface area contributed by atoms with Crippen LogP contribution in [0, 0.1) is 25.7 Å². The molecule has 1 spiro atoms. The zero-order valence-electron chi connectivity index (χ0n) is 19.7. The van der Waals surface area contributed by atoms with Crippen molar-refractivity contribution in [3.63, 3.8) is 0 Å². The second kappa shape index (κ2) is 8.00. The number of rotatable bonds is 3. The van der Waals surface area contributed by atoms with Crippen LogP contribution in [0.3, 0.4) is 0 Å². The van der Waals surface area contributed by atoms with Gasteiger partial charge in [-0.05, 0) is 49.7 Å². The molecule has 3 heterocycles. The average molecular weight is 502 g/mol. The van der Waals surface area contributed by atoms with E-state index in [0.29, 0.717) is 27.5 Å². The van der Waals surface area contributed by atoms with Crippen LogP contribution in [0.2, 0.25) is 5.02 Å². The number of benzene rings is 3. The molecule has 3 aliphatic heterocycles. The Morgan fingerprint density at radius 2 is 1.58 bits per heavy atom. The van der Waals surface area contributed by atoms with Crippen LogP contribution in [0.4, 0.5) is 11.4 Å². The number of amides is 3. The standard InChI is InChI=1S/C28H24ClN3O4/c1-14-3-10-18(11-4-14)32-25(34)21-22(26(32)35)28(19-13-15(2)5-12-20(19)30-27(28)36)31-23(21)24(33)16-6-8-17(29)9-7-16/h3-13,21-24,31,33H,1-2H3,(H,30,36)/t21-,22-,23+,24+,28+/m0/s1. The molecule has 36 heavy (non-hydrogen) atoms. The van der Waals surface area contributed by atoms with E-state index in [1.165, 1.54) is 4.90 Å². The molecule has 0 aliphatic carbocycles. The molecule has 3 N–H and O–H groups in total. The Labute approximate surface area is 213 Å². The van der Waals surface area contributed by atoms with Crippen molar-refractivity contribution in [1.82, 2.24) is 5.32 Å². The zero-order valence-corrected chi connectivity index (χ0v) is 20.4. The van der Waals surface area contributed by atoms with Gasteiger partial charge >= 0.3 is 0 Å². The molecule has 6 rings (SSSR count). The fourth-order valence-electron chi connectivity index (χ4n) is 5.93. The third kappa shape index (κ3) is 3.10. The maximum atomic E-state index is 14.0. The third-order valence-corrected chi connectivity index (χ3v) is 7.90. The average Bonchev–Trinajstić information content (AvgIpc) is 3.45. The number of carbonyl (C=O) groups is 3. The monoisotopic (exact) mass is 501 g/mol. The molecule has 7 nitrogen and oxygen atoms in total. The minimum absolute atomic E-state index is 0.407. The van der Waals surface area contributed by atoms with Crippen LogP contribution in [0.1, 0.15) is 28.4 Å². The summed E-state index contributed by atoms with van der Waals surface area (Å²) in [6.07, 6.45) is -1.16. The van der Waals surface area contributed by atoms with Crippen LogP contribution in [-0.2, 0) is 19.9 Å². The van der Waals surface area contributed by atoms with Crippen molar-refractivity contribution in [2.75, 3.05) is 10.2 Å². The predicted molar refractivity (Wildman–Crippen MR) is 135 cm³/mol. The highest BCUT2D eigenvalue weighted by atomic mass is 35.5. The van der Waals surface area contributed by atoms with Crippen molar-refractivity contribution in [2.45, 2.75) is 31.5 Å². The van der Waals surface area contributed by atoms with Gasteiger partial charge in [0.05, 0.1) is 29.7 Å². The fraction of sp³-hybridized carbons (Fsp3) is 0.250. The SMILES string of the molecule is Cc1ccc(N2C(=O)[C@@H]3[C@H]([C@H](O)c4ccc(Cl)cc4)N[C@@]4(C(=O)Nc5ccc(C)cc54)[C@@H]3C2=O)cc1. The summed E-state index contributed by atoms with van der Waals surface area (Å²) in [7, 11) is 0. The second-order valence-corrected chi connectivity index (χ2v) is 10.3. The number of nitrogens with one attached hydrogen (secondary N) is 2. The van der Waals surface area contributed by atoms with Gasteiger partial charge in [0.2, 0.25) is 17.7 Å². The van der Waals surface area contributed by atoms with Gasteiger partial charge in [-0.2, -0.15) is 0 Å². The maximum absolute atomic E-state index is 14.0. The van der Waals surface area contributed by atoms with Crippen molar-refractivity contribution in [2.24, 2.45) is 11.8 Å². The Morgan fingerprint density at radius 3 is 2.28 bits per heavy atom. The first-order chi connectivity index (χ1) is 17.2. The highest BCUT2D eigenvalue weighted by molar-refractivity contribution is 6.30. The molecule has 5 atom stereocenters. The molecule has 3 amide bonds. The van der Waals surface area contributed by atoms with Crippen LogP contribution in [0.15, 0.2) is 66.7 Å². The van der Waals surface area contributed by atoms with Crippen molar-refractivity contribution in [3.05, 3.63) is 94.0 Å². The van der Waals surface area contributed by atoms with Crippen LogP contribution in [0.25, 0.3) is 0 Å². The number of aliphatic hydroxyl groups is 1. The van der Waals surface area contributed by atoms with Gasteiger partial charge in [-0.3, -0.25) is 19.7 Å². The lowest BCUT2D eigenvalue weighted by molar-refractivity contribution is -0.130. The minimum Gasteiger partial charge on any atom is -0.387 e. The van der Waals surface area contributed by atoms with Gasteiger partial charge in [0, 0.05) is 16.3 Å². The summed E-state index contributed by atoms with van der Waals surface area (Å²) in [4.78, 5) is 42.7. The van der Waals surface area contributed by atoms with E-state index in [1.54, 1.807) is 42.5 Å². The first kappa shape index (κ1) is 22.9. The highest BCUT2D eigenvalue weighted by Gasteiger charge is 2.71. The van der Waals surface area contributed by atoms with Gasteiger partial charge in [0.25, 0.3) is 0 Å². The Balaban J connectivity index is 1.52. The summed E-state index contributed by atoms with van der Waals surface area (Å²) in [6, 6.07) is 18.4. The van der Waals surface area contributed by atoms with Gasteiger partial charge in [-0.15, -0.1) is 0 Å². The topological polar surface area (TPSA) is 98.7 Å². The van der Waals surface area contributed by atoms with Gasteiger partial charge in [-0.25, -0.2) is 4.90 Å². The van der Waals surface area contributed by atoms with E-state index in [2.05, 4.69) is 10.6 Å². The second-order valence-electron chi connectivity index (χ2n) is 9.83. The molecule has 3 aromatic carbocycles. The first-order valence-corrected chi connectivity index (χ1v) is 12.2. The molecule has 0 aromatic heterocycles. The summed E-state index contributed by atoms with van der Waals surface area (Å²) < 4.78 is 0. The number of nitrogens with zero attached hydrogens (tertiary/aromatic N) is 1. The molecule has 0 unspecified atom stereocenters. The molecule has 3 aromatic rings. The van der Waals surface area contributed by atoms with E-state index in [1.807, 2.05) is 38.1 Å². The third-order valence-electron chi connectivity index (χ3n) is 7.65. The van der Waals surface area contributed by atoms with Crippen molar-refractivity contribution >= 4 is 40.7 Å². The summed E-state index contributed by atoms with van der Waals surface area (Å²) in [5, 5.41) is 18.2. The van der Waals surface area contributed by atoms with E-state index in [4.69, 9.17) is 11.6 Å². The molecular weight excluding hydrogens is 478 g/mol. The lowest BCUT2D eigenvalue weighted by Crippen LogP contribution is -2.54. The number of hydrogen-bond donors (Lipinski definition) is 3. The van der Waals surface area contributed by atoms with Crippen molar-refractivity contribution < 1.29 is 19.5 Å². The quantitative estimate of drug-likeness (QED) is 0.476. The van der Waals surface area contributed by atoms with E-state index in [9.17, 15) is 19.5 Å². The normalized spacial score (nSPS) is 27.4. The van der Waals surface area contributed by atoms with E-state index < -0.39 is 47.2 Å². The smallest absolute Gasteiger partial charge is 0.250 e. The van der Waals surface area contributed by atoms with Crippen LogP contribution < -0.4 is 15.5 Å². The van der Waals surface area contributed by atoms with Gasteiger partial charge < -0.3 is 10.4 Å². The largest absolute Gasteiger partial charge is 0.387 e. The molecule has 8 heteroatoms. The Morgan fingerprint density at radius 1 is 0.917 bits per heavy atom. The number of anilines is 2. The summed E-state index contributed by atoms with van der Waals surface area (Å²) in [5.41, 5.74) is 2.60. The van der Waals surface area contributed by atoms with Gasteiger partial charge in [-0.1, -0.05) is 59.1 Å².